The van der Waals surface area contributed by atoms with Crippen LogP contribution in [0.2, 0.25) is 0 Å². The molecule has 0 fully saturated rings. The lowest BCUT2D eigenvalue weighted by atomic mass is 9.90. The lowest BCUT2D eigenvalue weighted by Crippen LogP contribution is -2.04. The third-order valence-corrected chi connectivity index (χ3v) is 6.39. The number of hydrogen-bond acceptors (Lipinski definition) is 2. The third-order valence-electron chi connectivity index (χ3n) is 6.39. The largest absolute Gasteiger partial charge is 0.493 e. The molecule has 4 aromatic carbocycles. The molecule has 0 spiro atoms. The van der Waals surface area contributed by atoms with Crippen molar-refractivity contribution >= 4 is 27.6 Å². The Morgan fingerprint density at radius 2 is 1.29 bits per heavy atom. The monoisotopic (exact) mass is 452 g/mol. The zero-order valence-corrected chi connectivity index (χ0v) is 20.6. The Hall–Kier alpha value is -3.26. The molecule has 0 saturated heterocycles. The van der Waals surface area contributed by atoms with Crippen LogP contribution in [-0.2, 0) is 0 Å². The fourth-order valence-electron chi connectivity index (χ4n) is 4.60. The summed E-state index contributed by atoms with van der Waals surface area (Å²) in [6.07, 6.45) is 8.68. The molecule has 0 amide bonds. The molecule has 0 bridgehead atoms. The summed E-state index contributed by atoms with van der Waals surface area (Å²) in [6, 6.07) is 23.6. The van der Waals surface area contributed by atoms with Crippen molar-refractivity contribution in [2.75, 3.05) is 13.2 Å². The average Bonchev–Trinajstić information content (AvgIpc) is 2.88. The van der Waals surface area contributed by atoms with Crippen LogP contribution >= 0.6 is 0 Å². The van der Waals surface area contributed by atoms with Gasteiger partial charge in [0, 0.05) is 16.7 Å². The predicted molar refractivity (Wildman–Crippen MR) is 147 cm³/mol. The maximum atomic E-state index is 6.54. The van der Waals surface area contributed by atoms with Crippen LogP contribution < -0.4 is 9.47 Å². The topological polar surface area (TPSA) is 18.5 Å². The Kier molecular flexibility index (Phi) is 8.25. The van der Waals surface area contributed by atoms with Crippen molar-refractivity contribution in [1.82, 2.24) is 0 Å². The van der Waals surface area contributed by atoms with Crippen LogP contribution in [-0.4, -0.2) is 13.2 Å². The van der Waals surface area contributed by atoms with Gasteiger partial charge in [-0.2, -0.15) is 0 Å². The molecule has 0 aliphatic heterocycles. The molecule has 2 heteroatoms. The van der Waals surface area contributed by atoms with E-state index in [1.54, 1.807) is 0 Å². The van der Waals surface area contributed by atoms with Crippen molar-refractivity contribution in [3.63, 3.8) is 0 Å². The summed E-state index contributed by atoms with van der Waals surface area (Å²) >= 11 is 0. The van der Waals surface area contributed by atoms with Crippen LogP contribution in [0.25, 0.3) is 38.7 Å². The first kappa shape index (κ1) is 23.9. The van der Waals surface area contributed by atoms with Gasteiger partial charge in [-0.3, -0.25) is 0 Å². The van der Waals surface area contributed by atoms with Gasteiger partial charge in [0.25, 0.3) is 0 Å². The number of rotatable bonds is 12. The highest BCUT2D eigenvalue weighted by molar-refractivity contribution is 6.11. The molecule has 0 atom stereocenters. The Morgan fingerprint density at radius 1 is 0.676 bits per heavy atom. The number of ether oxygens (including phenoxy) is 2. The van der Waals surface area contributed by atoms with E-state index in [1.165, 1.54) is 40.8 Å². The van der Waals surface area contributed by atoms with E-state index in [2.05, 4.69) is 87.2 Å². The van der Waals surface area contributed by atoms with E-state index in [1.807, 2.05) is 6.08 Å². The maximum absolute atomic E-state index is 6.54. The molecule has 0 heterocycles. The average molecular weight is 453 g/mol. The Labute approximate surface area is 204 Å². The molecule has 0 N–H and O–H groups in total. The molecular formula is C32H36O2. The van der Waals surface area contributed by atoms with E-state index in [0.717, 1.165) is 47.5 Å². The molecule has 0 radical (unpaired) electrons. The van der Waals surface area contributed by atoms with Crippen molar-refractivity contribution in [2.24, 2.45) is 0 Å². The molecule has 0 aromatic heterocycles. The quantitative estimate of drug-likeness (QED) is 0.199. The predicted octanol–water partition coefficient (Wildman–Crippen LogP) is 9.44. The minimum absolute atomic E-state index is 0.692. The van der Waals surface area contributed by atoms with E-state index < -0.39 is 0 Å². The molecule has 34 heavy (non-hydrogen) atoms. The van der Waals surface area contributed by atoms with E-state index >= 15 is 0 Å². The van der Waals surface area contributed by atoms with Gasteiger partial charge in [0.2, 0.25) is 0 Å². The summed E-state index contributed by atoms with van der Waals surface area (Å²) in [7, 11) is 0. The van der Waals surface area contributed by atoms with Gasteiger partial charge in [0.1, 0.15) is 11.5 Å². The van der Waals surface area contributed by atoms with Gasteiger partial charge in [-0.15, -0.1) is 0 Å². The summed E-state index contributed by atoms with van der Waals surface area (Å²) in [6.45, 7) is 9.96. The molecule has 2 nitrogen and oxygen atoms in total. The van der Waals surface area contributed by atoms with Gasteiger partial charge in [-0.25, -0.2) is 0 Å². The first-order valence-corrected chi connectivity index (χ1v) is 12.7. The second kappa shape index (κ2) is 11.7. The second-order valence-corrected chi connectivity index (χ2v) is 8.87. The van der Waals surface area contributed by atoms with Crippen molar-refractivity contribution < 1.29 is 9.47 Å². The molecule has 0 saturated carbocycles. The molecule has 0 aliphatic carbocycles. The number of benzene rings is 4. The smallest absolute Gasteiger partial charge is 0.135 e. The van der Waals surface area contributed by atoms with E-state index in [9.17, 15) is 0 Å². The van der Waals surface area contributed by atoms with Crippen molar-refractivity contribution in [1.29, 1.82) is 0 Å². The molecule has 0 aliphatic rings. The normalized spacial score (nSPS) is 11.1. The minimum Gasteiger partial charge on any atom is -0.493 e. The van der Waals surface area contributed by atoms with E-state index in [-0.39, 0.29) is 0 Å². The molecule has 4 aromatic rings. The summed E-state index contributed by atoms with van der Waals surface area (Å²) in [5, 5.41) is 4.73. The van der Waals surface area contributed by atoms with Crippen LogP contribution in [0.1, 0.15) is 57.9 Å². The fraction of sp³-hybridized carbons (Fsp3) is 0.312. The standard InChI is InChI=1S/C32H36O2/c1-4-7-13-21-33-29-20-19-25-15-9-11-17-27(25)30(29)31-28-18-12-10-16-26(28)23-24(6-3)32(31)34-22-14-8-5-2/h6,9-12,15-20,23H,3-5,7-8,13-14,21-22H2,1-2H3. The van der Waals surface area contributed by atoms with Crippen LogP contribution in [0.15, 0.2) is 73.3 Å². The summed E-state index contributed by atoms with van der Waals surface area (Å²) in [5.74, 6) is 1.82. The van der Waals surface area contributed by atoms with Crippen molar-refractivity contribution in [2.45, 2.75) is 52.4 Å². The van der Waals surface area contributed by atoms with Gasteiger partial charge in [0.05, 0.1) is 13.2 Å². The van der Waals surface area contributed by atoms with Gasteiger partial charge in [0.15, 0.2) is 0 Å². The maximum Gasteiger partial charge on any atom is 0.135 e. The third kappa shape index (κ3) is 5.12. The second-order valence-electron chi connectivity index (χ2n) is 8.87. The minimum atomic E-state index is 0.692. The Balaban J connectivity index is 1.97. The zero-order chi connectivity index (χ0) is 23.8. The molecule has 176 valence electrons. The first-order chi connectivity index (χ1) is 16.8. The van der Waals surface area contributed by atoms with E-state index in [0.29, 0.717) is 13.2 Å². The van der Waals surface area contributed by atoms with Crippen LogP contribution in [0.5, 0.6) is 11.5 Å². The summed E-state index contributed by atoms with van der Waals surface area (Å²) in [4.78, 5) is 0. The lowest BCUT2D eigenvalue weighted by Gasteiger charge is -2.21. The SMILES string of the molecule is C=Cc1cc2ccccc2c(-c2c(OCCCCC)ccc3ccccc23)c1OCCCCC. The number of unbranched alkanes of at least 4 members (excludes halogenated alkanes) is 4. The van der Waals surface area contributed by atoms with Crippen LogP contribution in [0, 0.1) is 0 Å². The highest BCUT2D eigenvalue weighted by Gasteiger charge is 2.21. The highest BCUT2D eigenvalue weighted by Crippen LogP contribution is 2.47. The van der Waals surface area contributed by atoms with Crippen LogP contribution in [0.3, 0.4) is 0 Å². The van der Waals surface area contributed by atoms with Crippen molar-refractivity contribution in [3.8, 4) is 22.6 Å². The van der Waals surface area contributed by atoms with Gasteiger partial charge in [-0.1, -0.05) is 107 Å². The fourth-order valence-corrected chi connectivity index (χ4v) is 4.60. The molecule has 0 unspecified atom stereocenters. The van der Waals surface area contributed by atoms with Gasteiger partial charge < -0.3 is 9.47 Å². The van der Waals surface area contributed by atoms with E-state index in [4.69, 9.17) is 9.47 Å². The summed E-state index contributed by atoms with van der Waals surface area (Å²) in [5.41, 5.74) is 3.24. The van der Waals surface area contributed by atoms with Gasteiger partial charge in [-0.05, 0) is 46.5 Å². The highest BCUT2D eigenvalue weighted by atomic mass is 16.5. The van der Waals surface area contributed by atoms with Gasteiger partial charge >= 0.3 is 0 Å². The Bertz CT molecular complexity index is 1250. The Morgan fingerprint density at radius 3 is 1.97 bits per heavy atom. The first-order valence-electron chi connectivity index (χ1n) is 12.7. The van der Waals surface area contributed by atoms with Crippen molar-refractivity contribution in [3.05, 3.63) is 78.9 Å². The molecular weight excluding hydrogens is 416 g/mol. The van der Waals surface area contributed by atoms with Crippen LogP contribution in [0.4, 0.5) is 0 Å². The molecule has 4 rings (SSSR count). The number of fused-ring (bicyclic) bond motifs is 2. The summed E-state index contributed by atoms with van der Waals surface area (Å²) < 4.78 is 13.0. The zero-order valence-electron chi connectivity index (χ0n) is 20.6. The number of hydrogen-bond donors (Lipinski definition) is 0. The lowest BCUT2D eigenvalue weighted by molar-refractivity contribution is 0.303.